The Balaban J connectivity index is 0.942. The van der Waals surface area contributed by atoms with Crippen LogP contribution in [0.1, 0.15) is 61.6 Å². The number of hydrogen-bond donors (Lipinski definition) is 0. The number of carbonyl (C=O) groups is 4. The molecule has 4 heterocycles. The first-order chi connectivity index (χ1) is 31.7. The van der Waals surface area contributed by atoms with Crippen LogP contribution in [0, 0.1) is 0 Å². The highest BCUT2D eigenvalue weighted by atomic mass is 19.4. The predicted molar refractivity (Wildman–Crippen MR) is 244 cm³/mol. The summed E-state index contributed by atoms with van der Waals surface area (Å²) < 4.78 is 47.5. The molecule has 7 rings (SSSR count). The molecule has 346 valence electrons. The van der Waals surface area contributed by atoms with Gasteiger partial charge in [-0.1, -0.05) is 12.1 Å². The van der Waals surface area contributed by atoms with E-state index in [0.717, 1.165) is 78.0 Å². The molecule has 0 saturated carbocycles. The molecule has 1 aliphatic heterocycles. The van der Waals surface area contributed by atoms with Crippen molar-refractivity contribution in [1.82, 2.24) is 38.4 Å². The second-order valence-electron chi connectivity index (χ2n) is 16.9. The van der Waals surface area contributed by atoms with Crippen LogP contribution < -0.4 is 15.5 Å². The van der Waals surface area contributed by atoms with Gasteiger partial charge in [0, 0.05) is 114 Å². The fourth-order valence-electron chi connectivity index (χ4n) is 8.34. The lowest BCUT2D eigenvalue weighted by atomic mass is 10.0. The molecule has 1 atom stereocenters. The zero-order chi connectivity index (χ0) is 47.1. The van der Waals surface area contributed by atoms with Gasteiger partial charge in [-0.3, -0.25) is 23.5 Å². The third kappa shape index (κ3) is 10.8. The molecule has 0 radical (unpaired) electrons. The largest absolute Gasteiger partial charge is 0.418 e. The van der Waals surface area contributed by atoms with Crippen molar-refractivity contribution in [3.63, 3.8) is 0 Å². The average molecular weight is 907 g/mol. The number of likely N-dealkylation sites (N-methyl/N-ethyl adjacent to an activating group) is 3. The number of amides is 1. The van der Waals surface area contributed by atoms with Gasteiger partial charge in [-0.25, -0.2) is 4.79 Å². The number of alkyl halides is 3. The number of aryl methyl sites for hydroxylation is 1. The lowest BCUT2D eigenvalue weighted by Gasteiger charge is -2.37. The average Bonchev–Trinajstić information content (AvgIpc) is 3.88. The molecule has 66 heavy (non-hydrogen) atoms. The Morgan fingerprint density at radius 1 is 0.833 bits per heavy atom. The minimum atomic E-state index is -4.72. The van der Waals surface area contributed by atoms with Gasteiger partial charge in [0.05, 0.1) is 22.8 Å². The number of hydrogen-bond acceptors (Lipinski definition) is 11. The third-order valence-electron chi connectivity index (χ3n) is 12.2. The van der Waals surface area contributed by atoms with Crippen LogP contribution in [-0.2, 0) is 42.3 Å². The summed E-state index contributed by atoms with van der Waals surface area (Å²) in [7, 11) is 7.05. The van der Waals surface area contributed by atoms with E-state index in [9.17, 15) is 37.1 Å². The highest BCUT2D eigenvalue weighted by Crippen LogP contribution is 2.34. The van der Waals surface area contributed by atoms with Crippen molar-refractivity contribution in [3.8, 4) is 5.69 Å². The van der Waals surface area contributed by atoms with Crippen molar-refractivity contribution in [1.29, 1.82) is 0 Å². The monoisotopic (exact) mass is 906 g/mol. The molecule has 0 bridgehead atoms. The van der Waals surface area contributed by atoms with E-state index in [0.29, 0.717) is 60.7 Å². The highest BCUT2D eigenvalue weighted by Gasteiger charge is 2.35. The third-order valence-corrected chi connectivity index (χ3v) is 12.2. The maximum atomic E-state index is 14.5. The number of anilines is 2. The number of imidazole rings is 1. The molecule has 18 heteroatoms. The van der Waals surface area contributed by atoms with Gasteiger partial charge in [0.2, 0.25) is 0 Å². The maximum Gasteiger partial charge on any atom is 0.418 e. The lowest BCUT2D eigenvalue weighted by Crippen LogP contribution is -2.46. The lowest BCUT2D eigenvalue weighted by molar-refractivity contribution is -0.136. The van der Waals surface area contributed by atoms with E-state index in [1.807, 2.05) is 47.2 Å². The Morgan fingerprint density at radius 3 is 2.20 bits per heavy atom. The van der Waals surface area contributed by atoms with E-state index in [1.54, 1.807) is 73.3 Å². The molecule has 0 aliphatic carbocycles. The van der Waals surface area contributed by atoms with Crippen LogP contribution in [0.5, 0.6) is 0 Å². The molecule has 0 spiro atoms. The van der Waals surface area contributed by atoms with Crippen LogP contribution in [0.15, 0.2) is 96.3 Å². The van der Waals surface area contributed by atoms with E-state index in [1.165, 1.54) is 17.0 Å². The number of nitrogens with zero attached hydrogens (tertiary/aromatic N) is 10. The summed E-state index contributed by atoms with van der Waals surface area (Å²) in [4.78, 5) is 71.3. The van der Waals surface area contributed by atoms with Gasteiger partial charge in [0.15, 0.2) is 0 Å². The summed E-state index contributed by atoms with van der Waals surface area (Å²) in [6, 6.07) is 20.8. The van der Waals surface area contributed by atoms with Crippen molar-refractivity contribution in [2.24, 2.45) is 7.05 Å². The quantitative estimate of drug-likeness (QED) is 0.0998. The molecule has 1 saturated heterocycles. The van der Waals surface area contributed by atoms with Gasteiger partial charge >= 0.3 is 11.9 Å². The molecule has 15 nitrogen and oxygen atoms in total. The maximum absolute atomic E-state index is 14.5. The zero-order valence-corrected chi connectivity index (χ0v) is 37.4. The van der Waals surface area contributed by atoms with Gasteiger partial charge in [-0.05, 0) is 97.9 Å². The number of aromatic nitrogens is 5. The number of fused-ring (bicyclic) bond motifs is 1. The number of rotatable bonds is 19. The molecule has 3 aromatic carbocycles. The number of halogens is 3. The fraction of sp³-hybridized carbons (Fsp3) is 0.354. The van der Waals surface area contributed by atoms with Crippen molar-refractivity contribution in [3.05, 3.63) is 141 Å². The van der Waals surface area contributed by atoms with E-state index in [4.69, 9.17) is 0 Å². The van der Waals surface area contributed by atoms with Crippen molar-refractivity contribution >= 4 is 41.7 Å². The Hall–Kier alpha value is -6.92. The number of piperazine rings is 1. The van der Waals surface area contributed by atoms with Crippen molar-refractivity contribution < 1.29 is 32.3 Å². The number of aldehydes is 3. The van der Waals surface area contributed by atoms with Gasteiger partial charge in [-0.15, -0.1) is 10.2 Å². The standard InChI is InChI=1S/C48H53F3N10O5/c1-54(27-35-24-43(48(49,50)51)44-30-60(47(66)61(44)28-35)41-8-5-7-34(23-41)25-45-53-52-33-57(45)4)16-17-55(2)46(65)36-10-13-39(14-11-36)58-18-20-59(21-19-58)40-15-12-37(31-63)38(26-40)29-56(3)42(32-64)9-6-22-62/h5,7-8,10-15,22-24,26,28,30-33,42H,6,9,16-21,25,27,29H2,1-4H3. The Morgan fingerprint density at radius 2 is 1.55 bits per heavy atom. The van der Waals surface area contributed by atoms with Gasteiger partial charge in [0.25, 0.3) is 5.91 Å². The van der Waals surface area contributed by atoms with Gasteiger partial charge in [-0.2, -0.15) is 13.2 Å². The summed E-state index contributed by atoms with van der Waals surface area (Å²) in [6.45, 7) is 4.03. The fourth-order valence-corrected chi connectivity index (χ4v) is 8.34. The smallest absolute Gasteiger partial charge is 0.368 e. The Labute approximate surface area is 380 Å². The molecule has 1 aliphatic rings. The second kappa shape index (κ2) is 20.5. The van der Waals surface area contributed by atoms with E-state index in [-0.39, 0.29) is 24.4 Å². The molecule has 3 aromatic heterocycles. The predicted octanol–water partition coefficient (Wildman–Crippen LogP) is 5.15. The molecule has 1 amide bonds. The van der Waals surface area contributed by atoms with E-state index < -0.39 is 23.5 Å². The first kappa shape index (κ1) is 47.1. The van der Waals surface area contributed by atoms with Gasteiger partial charge < -0.3 is 33.8 Å². The first-order valence-corrected chi connectivity index (χ1v) is 21.6. The van der Waals surface area contributed by atoms with Crippen LogP contribution in [0.4, 0.5) is 24.5 Å². The van der Waals surface area contributed by atoms with Crippen LogP contribution in [0.2, 0.25) is 0 Å². The Bertz CT molecular complexity index is 2740. The van der Waals surface area contributed by atoms with Crippen molar-refractivity contribution in [2.45, 2.75) is 44.6 Å². The summed E-state index contributed by atoms with van der Waals surface area (Å²) in [5.74, 6) is 0.499. The zero-order valence-electron chi connectivity index (χ0n) is 37.4. The summed E-state index contributed by atoms with van der Waals surface area (Å²) in [5.41, 5.74) is 3.52. The normalized spacial score (nSPS) is 13.7. The molecular weight excluding hydrogens is 854 g/mol. The minimum Gasteiger partial charge on any atom is -0.368 e. The van der Waals surface area contributed by atoms with Gasteiger partial charge in [0.1, 0.15) is 31.0 Å². The van der Waals surface area contributed by atoms with E-state index >= 15 is 0 Å². The topological polar surface area (TPSA) is 142 Å². The minimum absolute atomic E-state index is 0.0988. The summed E-state index contributed by atoms with van der Waals surface area (Å²) >= 11 is 0. The molecule has 6 aromatic rings. The highest BCUT2D eigenvalue weighted by molar-refractivity contribution is 5.94. The molecule has 0 N–H and O–H groups in total. The number of pyridine rings is 1. The summed E-state index contributed by atoms with van der Waals surface area (Å²) in [6.07, 6.45) is 3.07. The molecule has 1 unspecified atom stereocenters. The second-order valence-corrected chi connectivity index (χ2v) is 16.9. The first-order valence-electron chi connectivity index (χ1n) is 21.6. The Kier molecular flexibility index (Phi) is 14.6. The van der Waals surface area contributed by atoms with Crippen LogP contribution in [-0.4, -0.2) is 130 Å². The summed E-state index contributed by atoms with van der Waals surface area (Å²) in [5, 5.41) is 7.99. The van der Waals surface area contributed by atoms with Crippen molar-refractivity contribution in [2.75, 3.05) is 70.2 Å². The SMILES string of the molecule is CN(CCN(C)C(=O)c1ccc(N2CCN(c3ccc(C=O)c(CN(C)C(C=O)CCC=O)c3)CC2)cc1)Cc1cc(C(F)(F)F)c2cn(-c3cccc(Cc4nncn4C)c3)c(=O)n2c1. The van der Waals surface area contributed by atoms with Crippen LogP contribution in [0.3, 0.4) is 0 Å². The van der Waals surface area contributed by atoms with E-state index in [2.05, 4.69) is 20.0 Å². The number of carbonyl (C=O) groups excluding carboxylic acids is 4. The molecule has 1 fully saturated rings. The van der Waals surface area contributed by atoms with Crippen LogP contribution in [0.25, 0.3) is 11.2 Å². The molecular formula is C48H53F3N10O5. The number of benzene rings is 3. The van der Waals surface area contributed by atoms with Crippen LogP contribution >= 0.6 is 0 Å².